The van der Waals surface area contributed by atoms with E-state index in [-0.39, 0.29) is 18.7 Å². The largest absolute Gasteiger partial charge is 0.377 e. The van der Waals surface area contributed by atoms with Crippen molar-refractivity contribution in [3.05, 3.63) is 35.4 Å². The van der Waals surface area contributed by atoms with E-state index in [0.717, 1.165) is 19.0 Å². The van der Waals surface area contributed by atoms with Crippen LogP contribution in [0.4, 0.5) is 8.78 Å². The van der Waals surface area contributed by atoms with Crippen LogP contribution in [-0.2, 0) is 4.74 Å². The van der Waals surface area contributed by atoms with Crippen LogP contribution in [0.1, 0.15) is 24.9 Å². The van der Waals surface area contributed by atoms with Gasteiger partial charge in [-0.2, -0.15) is 0 Å². The molecule has 1 aromatic rings. The summed E-state index contributed by atoms with van der Waals surface area (Å²) in [7, 11) is 0. The van der Waals surface area contributed by atoms with Gasteiger partial charge in [-0.25, -0.2) is 8.78 Å². The number of halogens is 2. The van der Waals surface area contributed by atoms with Gasteiger partial charge in [0.1, 0.15) is 0 Å². The number of hydrogen-bond acceptors (Lipinski definition) is 3. The first-order valence-electron chi connectivity index (χ1n) is 6.63. The molecule has 1 heterocycles. The molecule has 0 saturated carbocycles. The highest BCUT2D eigenvalue weighted by atomic mass is 19.2. The van der Waals surface area contributed by atoms with E-state index in [1.54, 1.807) is 6.07 Å². The van der Waals surface area contributed by atoms with Gasteiger partial charge in [-0.05, 0) is 19.4 Å². The number of hydrogen-bond donors (Lipinski definition) is 1. The number of ether oxygens (including phenoxy) is 1. The van der Waals surface area contributed by atoms with Crippen LogP contribution in [0.5, 0.6) is 0 Å². The second-order valence-corrected chi connectivity index (χ2v) is 4.92. The Balaban J connectivity index is 2.25. The van der Waals surface area contributed by atoms with Crippen molar-refractivity contribution in [1.82, 2.24) is 4.90 Å². The Morgan fingerprint density at radius 1 is 1.47 bits per heavy atom. The highest BCUT2D eigenvalue weighted by Gasteiger charge is 2.26. The van der Waals surface area contributed by atoms with Crippen molar-refractivity contribution >= 4 is 0 Å². The van der Waals surface area contributed by atoms with Gasteiger partial charge >= 0.3 is 0 Å². The Kier molecular flexibility index (Phi) is 4.85. The Morgan fingerprint density at radius 3 is 3.00 bits per heavy atom. The zero-order chi connectivity index (χ0) is 13.8. The molecule has 1 aliphatic heterocycles. The van der Waals surface area contributed by atoms with E-state index >= 15 is 0 Å². The molecule has 0 radical (unpaired) electrons. The summed E-state index contributed by atoms with van der Waals surface area (Å²) in [5.74, 6) is -1.62. The van der Waals surface area contributed by atoms with Crippen LogP contribution in [-0.4, -0.2) is 37.2 Å². The molecule has 106 valence electrons. The fraction of sp³-hybridized carbons (Fsp3) is 0.571. The lowest BCUT2D eigenvalue weighted by Gasteiger charge is -2.31. The molecule has 0 spiro atoms. The Hall–Kier alpha value is -1.04. The summed E-state index contributed by atoms with van der Waals surface area (Å²) in [6.07, 6.45) is 0.950. The van der Waals surface area contributed by atoms with Crippen molar-refractivity contribution in [3.8, 4) is 0 Å². The molecule has 2 N–H and O–H groups in total. The highest BCUT2D eigenvalue weighted by Crippen LogP contribution is 2.25. The van der Waals surface area contributed by atoms with E-state index < -0.39 is 11.6 Å². The molecule has 0 bridgehead atoms. The second kappa shape index (κ2) is 6.41. The van der Waals surface area contributed by atoms with E-state index in [0.29, 0.717) is 18.7 Å². The smallest absolute Gasteiger partial charge is 0.163 e. The van der Waals surface area contributed by atoms with Crippen molar-refractivity contribution in [2.45, 2.75) is 25.5 Å². The van der Waals surface area contributed by atoms with Crippen molar-refractivity contribution < 1.29 is 13.5 Å². The van der Waals surface area contributed by atoms with Crippen LogP contribution in [0.25, 0.3) is 0 Å². The van der Waals surface area contributed by atoms with Gasteiger partial charge in [0.2, 0.25) is 0 Å². The molecule has 2 atom stereocenters. The molecular formula is C14H20F2N2O. The van der Waals surface area contributed by atoms with Crippen LogP contribution < -0.4 is 5.73 Å². The minimum absolute atomic E-state index is 0.0770. The molecule has 2 rings (SSSR count). The van der Waals surface area contributed by atoms with E-state index in [2.05, 4.69) is 4.90 Å². The van der Waals surface area contributed by atoms with E-state index in [9.17, 15) is 8.78 Å². The Labute approximate surface area is 112 Å². The SMILES string of the molecule is CC1CN(C(CN)c2cccc(F)c2F)CCCO1. The molecule has 0 amide bonds. The summed E-state index contributed by atoms with van der Waals surface area (Å²) in [5.41, 5.74) is 6.11. The van der Waals surface area contributed by atoms with Gasteiger partial charge in [0, 0.05) is 31.8 Å². The van der Waals surface area contributed by atoms with Crippen LogP contribution >= 0.6 is 0 Å². The average Bonchev–Trinajstić information content (AvgIpc) is 2.60. The van der Waals surface area contributed by atoms with E-state index in [1.165, 1.54) is 6.07 Å². The lowest BCUT2D eigenvalue weighted by molar-refractivity contribution is 0.0608. The van der Waals surface area contributed by atoms with Crippen molar-refractivity contribution in [2.75, 3.05) is 26.2 Å². The van der Waals surface area contributed by atoms with Crippen LogP contribution in [0, 0.1) is 11.6 Å². The van der Waals surface area contributed by atoms with Gasteiger partial charge in [-0.15, -0.1) is 0 Å². The number of benzene rings is 1. The summed E-state index contributed by atoms with van der Waals surface area (Å²) in [5, 5.41) is 0. The van der Waals surface area contributed by atoms with Crippen molar-refractivity contribution in [1.29, 1.82) is 0 Å². The summed E-state index contributed by atoms with van der Waals surface area (Å²) in [6.45, 7) is 4.39. The van der Waals surface area contributed by atoms with Crippen LogP contribution in [0.2, 0.25) is 0 Å². The number of rotatable bonds is 3. The number of nitrogens with zero attached hydrogens (tertiary/aromatic N) is 1. The zero-order valence-electron chi connectivity index (χ0n) is 11.1. The van der Waals surface area contributed by atoms with E-state index in [1.807, 2.05) is 6.92 Å². The van der Waals surface area contributed by atoms with Gasteiger partial charge in [-0.3, -0.25) is 4.90 Å². The first-order valence-corrected chi connectivity index (χ1v) is 6.63. The fourth-order valence-electron chi connectivity index (χ4n) is 2.56. The average molecular weight is 270 g/mol. The van der Waals surface area contributed by atoms with Gasteiger partial charge in [0.15, 0.2) is 11.6 Å². The molecule has 19 heavy (non-hydrogen) atoms. The minimum atomic E-state index is -0.824. The van der Waals surface area contributed by atoms with E-state index in [4.69, 9.17) is 10.5 Å². The molecule has 2 unspecified atom stereocenters. The van der Waals surface area contributed by atoms with Crippen LogP contribution in [0.15, 0.2) is 18.2 Å². The molecule has 0 aliphatic carbocycles. The highest BCUT2D eigenvalue weighted by molar-refractivity contribution is 5.23. The van der Waals surface area contributed by atoms with Crippen molar-refractivity contribution in [2.24, 2.45) is 5.73 Å². The second-order valence-electron chi connectivity index (χ2n) is 4.92. The third-order valence-electron chi connectivity index (χ3n) is 3.49. The van der Waals surface area contributed by atoms with Crippen LogP contribution in [0.3, 0.4) is 0 Å². The summed E-state index contributed by atoms with van der Waals surface area (Å²) < 4.78 is 32.8. The quantitative estimate of drug-likeness (QED) is 0.914. The number of nitrogens with two attached hydrogens (primary N) is 1. The fourth-order valence-corrected chi connectivity index (χ4v) is 2.56. The molecule has 3 nitrogen and oxygen atoms in total. The zero-order valence-corrected chi connectivity index (χ0v) is 11.1. The first kappa shape index (κ1) is 14.4. The third-order valence-corrected chi connectivity index (χ3v) is 3.49. The minimum Gasteiger partial charge on any atom is -0.377 e. The maximum atomic E-state index is 13.9. The van der Waals surface area contributed by atoms with Gasteiger partial charge in [0.05, 0.1) is 12.1 Å². The van der Waals surface area contributed by atoms with Gasteiger partial charge in [-0.1, -0.05) is 12.1 Å². The lowest BCUT2D eigenvalue weighted by atomic mass is 10.0. The molecule has 1 aromatic carbocycles. The molecular weight excluding hydrogens is 250 g/mol. The molecule has 0 aromatic heterocycles. The predicted octanol–water partition coefficient (Wildman–Crippen LogP) is 2.08. The predicted molar refractivity (Wildman–Crippen MR) is 69.8 cm³/mol. The lowest BCUT2D eigenvalue weighted by Crippen LogP contribution is -2.38. The molecule has 1 aliphatic rings. The van der Waals surface area contributed by atoms with Crippen molar-refractivity contribution in [3.63, 3.8) is 0 Å². The normalized spacial score (nSPS) is 23.1. The third kappa shape index (κ3) is 3.29. The maximum Gasteiger partial charge on any atom is 0.163 e. The molecule has 5 heteroatoms. The van der Waals surface area contributed by atoms with Gasteiger partial charge in [0.25, 0.3) is 0 Å². The Morgan fingerprint density at radius 2 is 2.26 bits per heavy atom. The Bertz CT molecular complexity index is 428. The summed E-state index contributed by atoms with van der Waals surface area (Å²) >= 11 is 0. The maximum absolute atomic E-state index is 13.9. The topological polar surface area (TPSA) is 38.5 Å². The van der Waals surface area contributed by atoms with Gasteiger partial charge < -0.3 is 10.5 Å². The molecule has 1 fully saturated rings. The first-order chi connectivity index (χ1) is 9.13. The standard InChI is InChI=1S/C14H20F2N2O/c1-10-9-18(6-3-7-19-10)13(8-17)11-4-2-5-12(15)14(11)16/h2,4-5,10,13H,3,6-9,17H2,1H3. The summed E-state index contributed by atoms with van der Waals surface area (Å²) in [6, 6.07) is 3.95. The molecule has 1 saturated heterocycles. The monoisotopic (exact) mass is 270 g/mol. The summed E-state index contributed by atoms with van der Waals surface area (Å²) in [4.78, 5) is 2.08.